The van der Waals surface area contributed by atoms with E-state index in [1.165, 1.54) is 0 Å². The second-order valence-electron chi connectivity index (χ2n) is 10.3. The first-order valence-electron chi connectivity index (χ1n) is 14.1. The Kier molecular flexibility index (Phi) is 11.1. The maximum atomic E-state index is 11.0. The molecule has 9 heteroatoms. The van der Waals surface area contributed by atoms with Gasteiger partial charge in [-0.15, -0.1) is 0 Å². The smallest absolute Gasteiger partial charge is 0.187 e. The van der Waals surface area contributed by atoms with Crippen LogP contribution < -0.4 is 0 Å². The number of hydrogen-bond acceptors (Lipinski definition) is 9. The molecule has 1 saturated heterocycles. The molecular formula is C33H38O9. The van der Waals surface area contributed by atoms with Crippen molar-refractivity contribution >= 4 is 0 Å². The summed E-state index contributed by atoms with van der Waals surface area (Å²) < 4.78 is 36.8. The van der Waals surface area contributed by atoms with E-state index in [9.17, 15) is 15.3 Å². The third kappa shape index (κ3) is 8.03. The number of aliphatic hydroxyl groups is 3. The van der Waals surface area contributed by atoms with Crippen LogP contribution in [0.25, 0.3) is 0 Å². The van der Waals surface area contributed by atoms with Crippen molar-refractivity contribution in [3.63, 3.8) is 0 Å². The summed E-state index contributed by atoms with van der Waals surface area (Å²) in [7, 11) is 0. The Labute approximate surface area is 245 Å². The van der Waals surface area contributed by atoms with E-state index < -0.39 is 55.6 Å². The molecule has 0 aliphatic carbocycles. The molecule has 3 aromatic carbocycles. The van der Waals surface area contributed by atoms with Gasteiger partial charge in [-0.1, -0.05) is 91.0 Å². The summed E-state index contributed by atoms with van der Waals surface area (Å²) in [5.41, 5.74) is 2.89. The molecule has 0 spiro atoms. The van der Waals surface area contributed by atoms with Crippen molar-refractivity contribution in [2.24, 2.45) is 0 Å². The summed E-state index contributed by atoms with van der Waals surface area (Å²) in [6.45, 7) is 0.537. The Morgan fingerprint density at radius 2 is 1.21 bits per heavy atom. The molecule has 0 bridgehead atoms. The van der Waals surface area contributed by atoms with Gasteiger partial charge in [-0.2, -0.15) is 0 Å². The molecule has 0 amide bonds. The predicted octanol–water partition coefficient (Wildman–Crippen LogP) is 3.11. The van der Waals surface area contributed by atoms with Crippen molar-refractivity contribution in [1.82, 2.24) is 0 Å². The Hall–Kier alpha value is -3.12. The standard InChI is InChI=1S/C33H38O9/c34-18-27-29(35)30(36)32(40-21-25-14-8-3-9-15-25)33(41-27)42-31-26(39-20-24-12-6-2-7-13-24)16-17-38-28(31)22-37-19-23-10-4-1-5-11-23/h1-17,26-36H,18-22H2. The minimum atomic E-state index is -1.37. The van der Waals surface area contributed by atoms with Crippen molar-refractivity contribution in [3.8, 4) is 0 Å². The molecule has 0 radical (unpaired) electrons. The van der Waals surface area contributed by atoms with Crippen LogP contribution in [-0.4, -0.2) is 77.6 Å². The van der Waals surface area contributed by atoms with Crippen molar-refractivity contribution in [2.45, 2.75) is 68.8 Å². The molecule has 1 fully saturated rings. The predicted molar refractivity (Wildman–Crippen MR) is 153 cm³/mol. The van der Waals surface area contributed by atoms with Gasteiger partial charge in [0.15, 0.2) is 12.4 Å². The average molecular weight is 579 g/mol. The van der Waals surface area contributed by atoms with E-state index in [1.54, 1.807) is 12.3 Å². The quantitative estimate of drug-likeness (QED) is 0.281. The van der Waals surface area contributed by atoms with Gasteiger partial charge in [-0.25, -0.2) is 0 Å². The zero-order chi connectivity index (χ0) is 29.1. The van der Waals surface area contributed by atoms with E-state index >= 15 is 0 Å². The Morgan fingerprint density at radius 1 is 0.643 bits per heavy atom. The molecule has 3 N–H and O–H groups in total. The number of hydrogen-bond donors (Lipinski definition) is 3. The number of rotatable bonds is 13. The first kappa shape index (κ1) is 30.3. The maximum absolute atomic E-state index is 11.0. The van der Waals surface area contributed by atoms with Crippen LogP contribution in [-0.2, 0) is 48.2 Å². The fraction of sp³-hybridized carbons (Fsp3) is 0.394. The third-order valence-corrected chi connectivity index (χ3v) is 7.29. The van der Waals surface area contributed by atoms with Gasteiger partial charge >= 0.3 is 0 Å². The van der Waals surface area contributed by atoms with Crippen molar-refractivity contribution in [1.29, 1.82) is 0 Å². The summed E-state index contributed by atoms with van der Waals surface area (Å²) in [6.07, 6.45) is -4.56. The minimum absolute atomic E-state index is 0.154. The van der Waals surface area contributed by atoms with Crippen LogP contribution in [0.4, 0.5) is 0 Å². The fourth-order valence-corrected chi connectivity index (χ4v) is 4.97. The van der Waals surface area contributed by atoms with Gasteiger partial charge in [0, 0.05) is 0 Å². The van der Waals surface area contributed by atoms with Gasteiger partial charge in [0.05, 0.1) is 39.3 Å². The molecule has 8 unspecified atom stereocenters. The molecular weight excluding hydrogens is 540 g/mol. The SMILES string of the molecule is OCC1OC(OC2C(OCc3ccccc3)C=COC2COCc2ccccc2)C(OCc2ccccc2)C(O)C1O. The van der Waals surface area contributed by atoms with Gasteiger partial charge in [-0.3, -0.25) is 0 Å². The first-order valence-corrected chi connectivity index (χ1v) is 14.1. The van der Waals surface area contributed by atoms with Crippen LogP contribution in [0.2, 0.25) is 0 Å². The molecule has 8 atom stereocenters. The van der Waals surface area contributed by atoms with Gasteiger partial charge in [0.1, 0.15) is 36.6 Å². The van der Waals surface area contributed by atoms with Crippen LogP contribution in [0.15, 0.2) is 103 Å². The first-order chi connectivity index (χ1) is 20.6. The average Bonchev–Trinajstić information content (AvgIpc) is 3.04. The van der Waals surface area contributed by atoms with E-state index in [4.69, 9.17) is 28.4 Å². The molecule has 42 heavy (non-hydrogen) atoms. The topological polar surface area (TPSA) is 116 Å². The summed E-state index contributed by atoms with van der Waals surface area (Å²) in [5.74, 6) is 0. The highest BCUT2D eigenvalue weighted by molar-refractivity contribution is 5.15. The molecule has 0 aromatic heterocycles. The van der Waals surface area contributed by atoms with E-state index in [1.807, 2.05) is 91.0 Å². The lowest BCUT2D eigenvalue weighted by Gasteiger charge is -2.44. The molecule has 9 nitrogen and oxygen atoms in total. The largest absolute Gasteiger partial charge is 0.493 e. The van der Waals surface area contributed by atoms with Gasteiger partial charge in [0.2, 0.25) is 0 Å². The molecule has 3 aromatic rings. The molecule has 2 aliphatic heterocycles. The van der Waals surface area contributed by atoms with Crippen molar-refractivity contribution in [3.05, 3.63) is 120 Å². The highest BCUT2D eigenvalue weighted by atomic mass is 16.7. The van der Waals surface area contributed by atoms with Crippen LogP contribution in [0, 0.1) is 0 Å². The maximum Gasteiger partial charge on any atom is 0.187 e. The van der Waals surface area contributed by atoms with E-state index in [0.717, 1.165) is 16.7 Å². The molecule has 0 saturated carbocycles. The normalized spacial score (nSPS) is 29.2. The summed E-state index contributed by atoms with van der Waals surface area (Å²) in [5, 5.41) is 31.5. The van der Waals surface area contributed by atoms with Gasteiger partial charge in [-0.05, 0) is 22.8 Å². The van der Waals surface area contributed by atoms with Crippen LogP contribution in [0.1, 0.15) is 16.7 Å². The van der Waals surface area contributed by atoms with E-state index in [-0.39, 0.29) is 13.2 Å². The molecule has 5 rings (SSSR count). The Bertz CT molecular complexity index is 1210. The van der Waals surface area contributed by atoms with Crippen molar-refractivity contribution in [2.75, 3.05) is 13.2 Å². The van der Waals surface area contributed by atoms with E-state index in [0.29, 0.717) is 13.2 Å². The molecule has 2 aliphatic rings. The summed E-state index contributed by atoms with van der Waals surface area (Å²) in [4.78, 5) is 0. The van der Waals surface area contributed by atoms with E-state index in [2.05, 4.69) is 0 Å². The van der Waals surface area contributed by atoms with Gasteiger partial charge in [0.25, 0.3) is 0 Å². The Balaban J connectivity index is 1.34. The zero-order valence-electron chi connectivity index (χ0n) is 23.3. The minimum Gasteiger partial charge on any atom is -0.493 e. The lowest BCUT2D eigenvalue weighted by molar-refractivity contribution is -0.334. The molecule has 224 valence electrons. The van der Waals surface area contributed by atoms with Crippen LogP contribution >= 0.6 is 0 Å². The number of ether oxygens (including phenoxy) is 6. The summed E-state index contributed by atoms with van der Waals surface area (Å²) >= 11 is 0. The highest BCUT2D eigenvalue weighted by Crippen LogP contribution is 2.30. The zero-order valence-corrected chi connectivity index (χ0v) is 23.3. The lowest BCUT2D eigenvalue weighted by Crippen LogP contribution is -2.62. The second kappa shape index (κ2) is 15.4. The Morgan fingerprint density at radius 3 is 1.81 bits per heavy atom. The fourth-order valence-electron chi connectivity index (χ4n) is 4.97. The third-order valence-electron chi connectivity index (χ3n) is 7.29. The number of benzene rings is 3. The van der Waals surface area contributed by atoms with Gasteiger partial charge < -0.3 is 43.7 Å². The monoisotopic (exact) mass is 578 g/mol. The second-order valence-corrected chi connectivity index (χ2v) is 10.3. The summed E-state index contributed by atoms with van der Waals surface area (Å²) in [6, 6.07) is 29.0. The highest BCUT2D eigenvalue weighted by Gasteiger charge is 2.48. The van der Waals surface area contributed by atoms with Crippen LogP contribution in [0.3, 0.4) is 0 Å². The van der Waals surface area contributed by atoms with Crippen LogP contribution in [0.5, 0.6) is 0 Å². The molecule has 2 heterocycles. The number of aliphatic hydroxyl groups excluding tert-OH is 3. The van der Waals surface area contributed by atoms with Crippen molar-refractivity contribution < 1.29 is 43.7 Å². The lowest BCUT2D eigenvalue weighted by atomic mass is 9.98.